The highest BCUT2D eigenvalue weighted by Gasteiger charge is 2.42. The fourth-order valence-electron chi connectivity index (χ4n) is 2.00. The van der Waals surface area contributed by atoms with Crippen molar-refractivity contribution in [3.8, 4) is 0 Å². The van der Waals surface area contributed by atoms with Crippen molar-refractivity contribution in [3.05, 3.63) is 24.0 Å². The minimum atomic E-state index is -3.82. The summed E-state index contributed by atoms with van der Waals surface area (Å²) in [5.41, 5.74) is 5.43. The van der Waals surface area contributed by atoms with E-state index in [1.54, 1.807) is 0 Å². The van der Waals surface area contributed by atoms with Crippen LogP contribution >= 0.6 is 0 Å². The van der Waals surface area contributed by atoms with Gasteiger partial charge in [0.2, 0.25) is 10.0 Å². The summed E-state index contributed by atoms with van der Waals surface area (Å²) >= 11 is 0. The van der Waals surface area contributed by atoms with Crippen LogP contribution in [0.2, 0.25) is 0 Å². The van der Waals surface area contributed by atoms with Crippen LogP contribution in [0, 0.1) is 11.2 Å². The molecular weight excluding hydrogens is 271 g/mol. The first-order chi connectivity index (χ1) is 8.88. The highest BCUT2D eigenvalue weighted by Crippen LogP contribution is 2.48. The number of nitrogens with one attached hydrogen (secondary N) is 1. The molecule has 106 valence electrons. The summed E-state index contributed by atoms with van der Waals surface area (Å²) in [6, 6.07) is 3.25. The Bertz CT molecular complexity index is 570. The minimum Gasteiger partial charge on any atom is -0.398 e. The fourth-order valence-corrected chi connectivity index (χ4v) is 3.29. The molecule has 4 N–H and O–H groups in total. The molecule has 5 nitrogen and oxygen atoms in total. The van der Waals surface area contributed by atoms with Crippen LogP contribution in [0.1, 0.15) is 19.3 Å². The lowest BCUT2D eigenvalue weighted by Crippen LogP contribution is -2.31. The molecular formula is C12H17FN2O3S. The van der Waals surface area contributed by atoms with E-state index in [-0.39, 0.29) is 29.1 Å². The second-order valence-electron chi connectivity index (χ2n) is 4.98. The number of hydrogen-bond acceptors (Lipinski definition) is 4. The largest absolute Gasteiger partial charge is 0.398 e. The molecule has 1 aliphatic carbocycles. The molecule has 1 fully saturated rings. The lowest BCUT2D eigenvalue weighted by molar-refractivity contribution is 0.249. The van der Waals surface area contributed by atoms with Crippen LogP contribution in [0.15, 0.2) is 23.1 Å². The highest BCUT2D eigenvalue weighted by atomic mass is 32.2. The number of aliphatic hydroxyl groups excluding tert-OH is 1. The molecule has 1 aromatic carbocycles. The Morgan fingerprint density at radius 2 is 2.11 bits per heavy atom. The first-order valence-electron chi connectivity index (χ1n) is 6.04. The van der Waals surface area contributed by atoms with Crippen LogP contribution in [0.4, 0.5) is 10.1 Å². The molecule has 0 atom stereocenters. The van der Waals surface area contributed by atoms with Gasteiger partial charge in [0.1, 0.15) is 10.7 Å². The lowest BCUT2D eigenvalue weighted by atomic mass is 10.0. The van der Waals surface area contributed by atoms with Gasteiger partial charge < -0.3 is 10.8 Å². The molecule has 0 aliphatic heterocycles. The first-order valence-corrected chi connectivity index (χ1v) is 7.52. The van der Waals surface area contributed by atoms with Crippen molar-refractivity contribution in [2.45, 2.75) is 24.2 Å². The third-order valence-corrected chi connectivity index (χ3v) is 4.96. The topological polar surface area (TPSA) is 92.4 Å². The van der Waals surface area contributed by atoms with Gasteiger partial charge in [-0.05, 0) is 42.9 Å². The van der Waals surface area contributed by atoms with E-state index in [0.717, 1.165) is 25.0 Å². The van der Waals surface area contributed by atoms with Gasteiger partial charge in [-0.2, -0.15) is 0 Å². The van der Waals surface area contributed by atoms with Gasteiger partial charge in [0, 0.05) is 13.2 Å². The second-order valence-corrected chi connectivity index (χ2v) is 6.72. The number of hydrogen-bond donors (Lipinski definition) is 3. The molecule has 0 heterocycles. The molecule has 0 unspecified atom stereocenters. The molecule has 0 radical (unpaired) electrons. The Morgan fingerprint density at radius 1 is 1.42 bits per heavy atom. The number of nitrogen functional groups attached to an aromatic ring is 1. The maximum Gasteiger partial charge on any atom is 0.242 e. The van der Waals surface area contributed by atoms with Gasteiger partial charge >= 0.3 is 0 Å². The van der Waals surface area contributed by atoms with Gasteiger partial charge in [0.05, 0.1) is 5.69 Å². The van der Waals surface area contributed by atoms with E-state index >= 15 is 0 Å². The molecule has 0 bridgehead atoms. The molecule has 1 aliphatic rings. The summed E-state index contributed by atoms with van der Waals surface area (Å²) < 4.78 is 39.7. The van der Waals surface area contributed by atoms with Gasteiger partial charge in [0.15, 0.2) is 0 Å². The van der Waals surface area contributed by atoms with Gasteiger partial charge in [-0.1, -0.05) is 0 Å². The van der Waals surface area contributed by atoms with Crippen LogP contribution < -0.4 is 10.5 Å². The molecule has 19 heavy (non-hydrogen) atoms. The Morgan fingerprint density at radius 3 is 2.68 bits per heavy atom. The Balaban J connectivity index is 2.12. The molecule has 1 saturated carbocycles. The second kappa shape index (κ2) is 5.07. The summed E-state index contributed by atoms with van der Waals surface area (Å²) in [6.45, 7) is 0.273. The number of benzene rings is 1. The first kappa shape index (κ1) is 14.2. The van der Waals surface area contributed by atoms with Gasteiger partial charge in [0.25, 0.3) is 0 Å². The van der Waals surface area contributed by atoms with Crippen molar-refractivity contribution in [1.29, 1.82) is 0 Å². The lowest BCUT2D eigenvalue weighted by Gasteiger charge is -2.15. The number of sulfonamides is 1. The molecule has 2 rings (SSSR count). The highest BCUT2D eigenvalue weighted by molar-refractivity contribution is 7.89. The smallest absolute Gasteiger partial charge is 0.242 e. The van der Waals surface area contributed by atoms with Crippen molar-refractivity contribution in [1.82, 2.24) is 4.72 Å². The van der Waals surface area contributed by atoms with Crippen molar-refractivity contribution in [3.63, 3.8) is 0 Å². The summed E-state index contributed by atoms with van der Waals surface area (Å²) in [6.07, 6.45) is 2.33. The van der Waals surface area contributed by atoms with Crippen LogP contribution in [-0.4, -0.2) is 26.7 Å². The van der Waals surface area contributed by atoms with Crippen LogP contribution in [0.3, 0.4) is 0 Å². The van der Waals surface area contributed by atoms with Crippen molar-refractivity contribution in [2.75, 3.05) is 18.9 Å². The van der Waals surface area contributed by atoms with E-state index in [4.69, 9.17) is 10.8 Å². The Hall–Kier alpha value is -1.18. The minimum absolute atomic E-state index is 0.0147. The standard InChI is InChI=1S/C12H17FN2O3S/c13-9-1-2-10(14)11(7-9)19(17,18)15-8-12(3-4-12)5-6-16/h1-2,7,15-16H,3-6,8,14H2. The van der Waals surface area contributed by atoms with Crippen molar-refractivity contribution < 1.29 is 17.9 Å². The van der Waals surface area contributed by atoms with Gasteiger partial charge in [-0.3, -0.25) is 0 Å². The number of halogens is 1. The van der Waals surface area contributed by atoms with Crippen LogP contribution in [0.5, 0.6) is 0 Å². The molecule has 0 aromatic heterocycles. The summed E-state index contributed by atoms with van der Waals surface area (Å²) in [5, 5.41) is 8.92. The van der Waals surface area contributed by atoms with E-state index in [1.165, 1.54) is 6.07 Å². The van der Waals surface area contributed by atoms with E-state index in [0.29, 0.717) is 6.42 Å². The van der Waals surface area contributed by atoms with E-state index in [1.807, 2.05) is 0 Å². The molecule has 7 heteroatoms. The SMILES string of the molecule is Nc1ccc(F)cc1S(=O)(=O)NCC1(CCO)CC1. The third-order valence-electron chi connectivity index (χ3n) is 3.50. The zero-order valence-corrected chi connectivity index (χ0v) is 11.2. The van der Waals surface area contributed by atoms with E-state index in [2.05, 4.69) is 4.72 Å². The van der Waals surface area contributed by atoms with Gasteiger partial charge in [-0.15, -0.1) is 0 Å². The van der Waals surface area contributed by atoms with Crippen LogP contribution in [-0.2, 0) is 10.0 Å². The number of anilines is 1. The summed E-state index contributed by atoms with van der Waals surface area (Å²) in [4.78, 5) is -0.243. The normalized spacial score (nSPS) is 17.4. The van der Waals surface area contributed by atoms with Gasteiger partial charge in [-0.25, -0.2) is 17.5 Å². The quantitative estimate of drug-likeness (QED) is 0.677. The monoisotopic (exact) mass is 288 g/mol. The van der Waals surface area contributed by atoms with Crippen LogP contribution in [0.25, 0.3) is 0 Å². The molecule has 0 amide bonds. The van der Waals surface area contributed by atoms with E-state index in [9.17, 15) is 12.8 Å². The zero-order chi connectivity index (χ0) is 14.1. The molecule has 0 saturated heterocycles. The van der Waals surface area contributed by atoms with Crippen molar-refractivity contribution in [2.24, 2.45) is 5.41 Å². The number of aliphatic hydroxyl groups is 1. The number of rotatable bonds is 6. The Kier molecular flexibility index (Phi) is 3.80. The average Bonchev–Trinajstić information content (AvgIpc) is 3.11. The zero-order valence-electron chi connectivity index (χ0n) is 10.4. The van der Waals surface area contributed by atoms with E-state index < -0.39 is 15.8 Å². The third kappa shape index (κ3) is 3.23. The maximum atomic E-state index is 13.1. The average molecular weight is 288 g/mol. The molecule has 0 spiro atoms. The predicted molar refractivity (Wildman–Crippen MR) is 69.4 cm³/mol. The van der Waals surface area contributed by atoms with Crippen molar-refractivity contribution >= 4 is 15.7 Å². The summed E-state index contributed by atoms with van der Waals surface area (Å²) in [5.74, 6) is -0.647. The molecule has 1 aromatic rings. The predicted octanol–water partition coefficient (Wildman–Crippen LogP) is 0.849. The maximum absolute atomic E-state index is 13.1. The fraction of sp³-hybridized carbons (Fsp3) is 0.500. The number of nitrogens with two attached hydrogens (primary N) is 1. The Labute approximate surface area is 111 Å². The summed E-state index contributed by atoms with van der Waals surface area (Å²) in [7, 11) is -3.82.